The van der Waals surface area contributed by atoms with Crippen molar-refractivity contribution >= 4 is 119 Å². The second kappa shape index (κ2) is 49.0. The first-order chi connectivity index (χ1) is 49.7. The Morgan fingerprint density at radius 2 is 0.626 bits per heavy atom. The van der Waals surface area contributed by atoms with Crippen molar-refractivity contribution in [2.75, 3.05) is 13.2 Å². The largest absolute Gasteiger partial charge is 0.481 e. The Morgan fingerprint density at radius 3 is 0.963 bits per heavy atom. The predicted molar refractivity (Wildman–Crippen MR) is 371 cm³/mol. The zero-order valence-electron chi connectivity index (χ0n) is 60.8. The van der Waals surface area contributed by atoms with Gasteiger partial charge in [-0.25, -0.2) is 4.79 Å². The Kier molecular flexibility index (Phi) is 44.0. The Bertz CT molecular complexity index is 3170. The summed E-state index contributed by atoms with van der Waals surface area (Å²) in [6.45, 7) is 10.7. The van der Waals surface area contributed by atoms with Crippen LogP contribution in [-0.2, 0) is 91.1 Å². The summed E-state index contributed by atoms with van der Waals surface area (Å²) in [4.78, 5) is 253. The van der Waals surface area contributed by atoms with Crippen molar-refractivity contribution in [3.8, 4) is 0 Å². The average Bonchev–Trinajstić information content (AvgIpc) is 0.859. The summed E-state index contributed by atoms with van der Waals surface area (Å²) in [6, 6.07) is -22.8. The Labute approximate surface area is 614 Å². The van der Waals surface area contributed by atoms with Crippen molar-refractivity contribution in [1.82, 2.24) is 63.8 Å². The summed E-state index contributed by atoms with van der Waals surface area (Å²) in [5.74, 6) is -25.6. The smallest absolute Gasteiger partial charge is 0.326 e. The van der Waals surface area contributed by atoms with E-state index in [2.05, 4.69) is 68.8 Å². The number of carbonyl (C=O) groups is 19. The molecule has 0 aromatic carbocycles. The summed E-state index contributed by atoms with van der Waals surface area (Å²) < 4.78 is 0. The van der Waals surface area contributed by atoms with Gasteiger partial charge >= 0.3 is 29.8 Å². The number of nitrogens with zero attached hydrogens (tertiary/aromatic N) is 1. The van der Waals surface area contributed by atoms with Gasteiger partial charge in [0.05, 0.1) is 19.1 Å². The maximum Gasteiger partial charge on any atom is 0.326 e. The van der Waals surface area contributed by atoms with E-state index >= 15 is 0 Å². The van der Waals surface area contributed by atoms with Gasteiger partial charge in [-0.3, -0.25) is 91.3 Å². The van der Waals surface area contributed by atoms with Crippen molar-refractivity contribution in [2.24, 2.45) is 51.4 Å². The molecule has 0 heterocycles. The number of carboxylic acid groups (broad SMARTS) is 5. The third-order valence-electron chi connectivity index (χ3n) is 15.4. The maximum atomic E-state index is 14.5. The van der Waals surface area contributed by atoms with E-state index in [9.17, 15) is 127 Å². The topological polar surface area (TPSA) is 753 Å². The Hall–Kier alpha value is -10.9. The van der Waals surface area contributed by atoms with Crippen LogP contribution in [0.15, 0.2) is 4.99 Å². The fourth-order valence-corrected chi connectivity index (χ4v) is 9.85. The van der Waals surface area contributed by atoms with Crippen LogP contribution in [0.2, 0.25) is 0 Å². The van der Waals surface area contributed by atoms with Crippen LogP contribution in [0.5, 0.6) is 0 Å². The first-order valence-electron chi connectivity index (χ1n) is 34.1. The first kappa shape index (κ1) is 96.1. The Morgan fingerprint density at radius 1 is 0.336 bits per heavy atom. The monoisotopic (exact) mass is 1530 g/mol. The highest BCUT2D eigenvalue weighted by atomic mass is 16.4. The van der Waals surface area contributed by atoms with Gasteiger partial charge in [0.25, 0.3) is 0 Å². The number of nitrogens with one attached hydrogen (secondary N) is 12. The lowest BCUT2D eigenvalue weighted by atomic mass is 10.0. The van der Waals surface area contributed by atoms with E-state index in [0.717, 1.165) is 13.8 Å². The molecule has 0 fully saturated rings. The van der Waals surface area contributed by atoms with Crippen molar-refractivity contribution in [1.29, 1.82) is 0 Å². The van der Waals surface area contributed by atoms with E-state index in [1.165, 1.54) is 0 Å². The molecule has 0 aromatic rings. The van der Waals surface area contributed by atoms with Crippen molar-refractivity contribution in [2.45, 2.75) is 243 Å². The van der Waals surface area contributed by atoms with Gasteiger partial charge < -0.3 is 128 Å². The molecule has 0 rings (SSSR count). The Balaban J connectivity index is 7.22. The van der Waals surface area contributed by atoms with Gasteiger partial charge in [0.15, 0.2) is 5.96 Å². The predicted octanol–water partition coefficient (Wildman–Crippen LogP) is -8.60. The molecule has 0 radical (unpaired) electrons. The lowest BCUT2D eigenvalue weighted by Crippen LogP contribution is -2.62. The minimum atomic E-state index is -1.99. The van der Waals surface area contributed by atoms with Crippen LogP contribution in [0.4, 0.5) is 0 Å². The van der Waals surface area contributed by atoms with Crippen LogP contribution in [-0.4, -0.2) is 252 Å². The molecule has 29 N–H and O–H groups in total. The lowest BCUT2D eigenvalue weighted by molar-refractivity contribution is -0.143. The van der Waals surface area contributed by atoms with Gasteiger partial charge in [0, 0.05) is 38.6 Å². The second-order valence-electron chi connectivity index (χ2n) is 26.4. The minimum absolute atomic E-state index is 0.0997. The molecule has 0 unspecified atom stereocenters. The fraction of sp³-hybridized carbons (Fsp3) is 0.683. The quantitative estimate of drug-likeness (QED) is 0.0153. The van der Waals surface area contributed by atoms with Gasteiger partial charge in [-0.1, -0.05) is 41.5 Å². The van der Waals surface area contributed by atoms with Gasteiger partial charge in [-0.15, -0.1) is 0 Å². The number of primary amides is 2. The van der Waals surface area contributed by atoms with E-state index in [1.54, 1.807) is 41.5 Å². The van der Waals surface area contributed by atoms with E-state index in [0.29, 0.717) is 0 Å². The van der Waals surface area contributed by atoms with E-state index < -0.39 is 292 Å². The average molecular weight is 1530 g/mol. The highest BCUT2D eigenvalue weighted by Crippen LogP contribution is 2.14. The molecule has 44 heteroatoms. The van der Waals surface area contributed by atoms with E-state index in [-0.39, 0.29) is 44.6 Å². The number of guanidine groups is 1. The molecular formula is C63H106N18O26. The second-order valence-corrected chi connectivity index (χ2v) is 26.4. The van der Waals surface area contributed by atoms with Crippen LogP contribution in [0.25, 0.3) is 0 Å². The molecule has 0 bridgehead atoms. The third-order valence-corrected chi connectivity index (χ3v) is 15.4. The number of hydrogen-bond donors (Lipinski definition) is 24. The van der Waals surface area contributed by atoms with Crippen LogP contribution in [0, 0.1) is 17.8 Å². The summed E-state index contributed by atoms with van der Waals surface area (Å²) >= 11 is 0. The molecule has 0 saturated carbocycles. The van der Waals surface area contributed by atoms with Crippen LogP contribution in [0.3, 0.4) is 0 Å². The number of aliphatic carboxylic acids is 5. The summed E-state index contributed by atoms with van der Waals surface area (Å²) in [5.41, 5.74) is 27.2. The maximum absolute atomic E-state index is 14.5. The number of rotatable bonds is 54. The SMILES string of the molecule is CC(C)C[C@H](NC(=O)[C@H](CC(N)=O)NC(=O)[C@H](CCC(=O)O)NC(=O)[C@H](CCC(N)=O)NC(=O)[C@H](CC(C)C)NC(=O)[C@H](CCCN=C(N)N)NC(=O)[C@H](CCC(=O)O)NC(=O)[C@H](C)NC(=O)[C@H](CCC(=O)O)NC(=O)[C@@H](NC(=O)[C@H](CC(C)C)NC(=O)[C@H](CCC(=O)O)NC(=O)[C@@H](N)CO)[C@@H](C)O)C(=O)O. The normalized spacial score (nSPS) is 15.0. The molecule has 0 spiro atoms. The number of aliphatic imine (C=N–C) groups is 1. The van der Waals surface area contributed by atoms with Gasteiger partial charge in [-0.2, -0.15) is 0 Å². The zero-order valence-corrected chi connectivity index (χ0v) is 60.8. The zero-order chi connectivity index (χ0) is 82.3. The molecule has 0 aliphatic carbocycles. The van der Waals surface area contributed by atoms with E-state index in [1.807, 2.05) is 0 Å². The van der Waals surface area contributed by atoms with Crippen molar-refractivity contribution in [3.05, 3.63) is 0 Å². The summed E-state index contributed by atoms with van der Waals surface area (Å²) in [6.07, 6.45) is -10.8. The molecule has 604 valence electrons. The first-order valence-corrected chi connectivity index (χ1v) is 34.1. The standard InChI is InChI=1S/C63H106N18O26/c1-27(2)22-39(58(102)75-34(11-16-43(65)84)54(98)74-38(15-20-48(92)93)57(101)79-41(25-44(66)85)59(103)80-42(62(106)107)24-29(5)6)77-53(97)33(10-9-21-69-63(67)68)73-55(99)36(13-18-46(88)89)71-50(94)30(7)70-52(96)35(12-17-45(86)87)76-61(105)49(31(8)83)81-60(104)40(23-28(3)4)78-56(100)37(14-19-47(90)91)72-51(95)32(64)26-82/h27-42,49,82-83H,9-26,64H2,1-8H3,(H2,65,84)(H2,66,85)(H,70,96)(H,71,94)(H,72,95)(H,73,99)(H,74,98)(H,75,102)(H,76,105)(H,77,97)(H,78,100)(H,79,101)(H,80,103)(H,81,104)(H,86,87)(H,88,89)(H,90,91)(H,92,93)(H,106,107)(H4,67,68,69)/t30-,31+,32-,33-,34-,35-,36-,37-,38-,39-,40-,41-,42-,49-/m0/s1. The number of amides is 14. The van der Waals surface area contributed by atoms with Crippen molar-refractivity contribution in [3.63, 3.8) is 0 Å². The highest BCUT2D eigenvalue weighted by molar-refractivity contribution is 6.01. The molecule has 0 saturated heterocycles. The van der Waals surface area contributed by atoms with Crippen molar-refractivity contribution < 1.29 is 127 Å². The number of aliphatic hydroxyl groups is 2. The minimum Gasteiger partial charge on any atom is -0.481 e. The molecule has 0 aromatic heterocycles. The molecular weight excluding hydrogens is 1420 g/mol. The number of carbonyl (C=O) groups excluding carboxylic acids is 14. The number of aliphatic hydroxyl groups excluding tert-OH is 2. The molecule has 44 nitrogen and oxygen atoms in total. The molecule has 0 aliphatic heterocycles. The van der Waals surface area contributed by atoms with Gasteiger partial charge in [0.2, 0.25) is 82.7 Å². The summed E-state index contributed by atoms with van der Waals surface area (Å²) in [5, 5.41) is 95.2. The highest BCUT2D eigenvalue weighted by Gasteiger charge is 2.39. The lowest BCUT2D eigenvalue weighted by Gasteiger charge is -2.29. The third kappa shape index (κ3) is 40.2. The van der Waals surface area contributed by atoms with E-state index in [4.69, 9.17) is 28.7 Å². The molecule has 14 atom stereocenters. The van der Waals surface area contributed by atoms with Crippen LogP contribution >= 0.6 is 0 Å². The molecule has 14 amide bonds. The number of carboxylic acids is 5. The number of nitrogens with two attached hydrogens (primary N) is 5. The number of hydrogen-bond acceptors (Lipinski definition) is 23. The fourth-order valence-electron chi connectivity index (χ4n) is 9.85. The van der Waals surface area contributed by atoms with Gasteiger partial charge in [-0.05, 0) is 95.8 Å². The van der Waals surface area contributed by atoms with Gasteiger partial charge in [0.1, 0.15) is 78.5 Å². The molecule has 0 aliphatic rings. The van der Waals surface area contributed by atoms with Crippen LogP contribution < -0.4 is 92.5 Å². The van der Waals surface area contributed by atoms with Crippen LogP contribution in [0.1, 0.15) is 158 Å². The summed E-state index contributed by atoms with van der Waals surface area (Å²) in [7, 11) is 0. The molecule has 107 heavy (non-hydrogen) atoms.